The quantitative estimate of drug-likeness (QED) is 0.261. The Balaban J connectivity index is 2.03. The van der Waals surface area contributed by atoms with E-state index in [4.69, 9.17) is 4.74 Å². The number of hydrogen-bond acceptors (Lipinski definition) is 9. The maximum absolute atomic E-state index is 11.9. The number of ether oxygens (including phenoxy) is 1. The minimum Gasteiger partial charge on any atom is -0.470 e. The zero-order valence-electron chi connectivity index (χ0n) is 12.9. The first kappa shape index (κ1) is 20.5. The van der Waals surface area contributed by atoms with Gasteiger partial charge in [0.05, 0.1) is 6.61 Å². The summed E-state index contributed by atoms with van der Waals surface area (Å²) < 4.78 is 26.1. The van der Waals surface area contributed by atoms with Crippen LogP contribution in [-0.4, -0.2) is 62.3 Å². The molecule has 5 atom stereocenters. The SMILES string of the molecule is C=P(O)(S)OP(=O)(O)OC[C@H]1OC(N2C=CC(O)NC2=O)=C(C)C1O. The molecule has 0 radical (unpaired) electrons. The summed E-state index contributed by atoms with van der Waals surface area (Å²) in [7, 11) is -4.67. The highest BCUT2D eigenvalue weighted by Gasteiger charge is 2.40. The second-order valence-electron chi connectivity index (χ2n) is 5.21. The lowest BCUT2D eigenvalue weighted by molar-refractivity contribution is -0.00303. The van der Waals surface area contributed by atoms with Crippen LogP contribution < -0.4 is 5.32 Å². The van der Waals surface area contributed by atoms with Crippen molar-refractivity contribution in [2.24, 2.45) is 0 Å². The number of thiol groups is 1. The number of aliphatic hydroxyl groups excluding tert-OH is 2. The summed E-state index contributed by atoms with van der Waals surface area (Å²) >= 11 is 3.54. The van der Waals surface area contributed by atoms with Gasteiger partial charge >= 0.3 is 13.9 Å². The largest absolute Gasteiger partial charge is 0.477 e. The summed E-state index contributed by atoms with van der Waals surface area (Å²) in [6.45, 7) is -2.66. The third kappa shape index (κ3) is 5.33. The van der Waals surface area contributed by atoms with Crippen LogP contribution in [0.15, 0.2) is 23.7 Å². The van der Waals surface area contributed by atoms with Gasteiger partial charge in [-0.2, -0.15) is 0 Å². The molecule has 0 saturated heterocycles. The van der Waals surface area contributed by atoms with Crippen LogP contribution in [-0.2, 0) is 18.1 Å². The molecule has 2 amide bonds. The lowest BCUT2D eigenvalue weighted by Crippen LogP contribution is -2.45. The number of aliphatic hydroxyl groups is 2. The molecule has 14 heteroatoms. The van der Waals surface area contributed by atoms with Gasteiger partial charge in [0.15, 0.2) is 12.6 Å². The van der Waals surface area contributed by atoms with Crippen molar-refractivity contribution in [1.29, 1.82) is 0 Å². The highest BCUT2D eigenvalue weighted by atomic mass is 32.7. The standard InChI is InChI=1S/C11H18N2O9P2S/c1-6-9(15)7(5-20-24(18,19)22-23(2,17)25)21-10(6)13-4-3-8(14)12-11(13)16/h3-4,7-9,14-15,17,25H,2,5H2,1H3,(H,12,16)(H,18,19)/t7-,8?,9?,23?/m1/s1. The van der Waals surface area contributed by atoms with Crippen molar-refractivity contribution in [1.82, 2.24) is 10.2 Å². The fourth-order valence-electron chi connectivity index (χ4n) is 2.07. The van der Waals surface area contributed by atoms with Crippen LogP contribution in [0.1, 0.15) is 6.92 Å². The molecule has 0 spiro atoms. The molecule has 0 saturated carbocycles. The number of carbonyl (C=O) groups is 1. The number of urea groups is 1. The predicted molar refractivity (Wildman–Crippen MR) is 91.2 cm³/mol. The van der Waals surface area contributed by atoms with Gasteiger partial charge in [0.25, 0.3) is 0 Å². The van der Waals surface area contributed by atoms with Gasteiger partial charge in [-0.05, 0) is 19.3 Å². The Kier molecular flexibility index (Phi) is 6.10. The van der Waals surface area contributed by atoms with Crippen LogP contribution in [0.4, 0.5) is 4.79 Å². The fraction of sp³-hybridized carbons (Fsp3) is 0.455. The lowest BCUT2D eigenvalue weighted by atomic mass is 10.1. The van der Waals surface area contributed by atoms with Crippen LogP contribution in [0.2, 0.25) is 0 Å². The van der Waals surface area contributed by atoms with E-state index in [2.05, 4.69) is 32.7 Å². The topological polar surface area (TPSA) is 158 Å². The second-order valence-corrected chi connectivity index (χ2v) is 10.3. The summed E-state index contributed by atoms with van der Waals surface area (Å²) in [5.41, 5.74) is 0.272. The van der Waals surface area contributed by atoms with Crippen molar-refractivity contribution in [2.45, 2.75) is 25.4 Å². The van der Waals surface area contributed by atoms with Crippen LogP contribution in [0.3, 0.4) is 0 Å². The summed E-state index contributed by atoms with van der Waals surface area (Å²) in [4.78, 5) is 31.6. The molecule has 25 heavy (non-hydrogen) atoms. The number of rotatable bonds is 6. The molecule has 5 N–H and O–H groups in total. The lowest BCUT2D eigenvalue weighted by Gasteiger charge is -2.26. The summed E-state index contributed by atoms with van der Waals surface area (Å²) in [5, 5.41) is 21.7. The van der Waals surface area contributed by atoms with Gasteiger partial charge in [-0.3, -0.25) is 4.52 Å². The number of nitrogens with one attached hydrogen (secondary N) is 1. The number of amides is 2. The monoisotopic (exact) mass is 416 g/mol. The first-order chi connectivity index (χ1) is 11.4. The van der Waals surface area contributed by atoms with E-state index < -0.39 is 45.4 Å². The van der Waals surface area contributed by atoms with Crippen LogP contribution in [0.25, 0.3) is 0 Å². The van der Waals surface area contributed by atoms with Gasteiger partial charge in [-0.25, -0.2) is 18.6 Å². The third-order valence-corrected chi connectivity index (χ3v) is 6.16. The summed E-state index contributed by atoms with van der Waals surface area (Å²) in [5.74, 6) is -0.00852. The number of carbonyl (C=O) groups excluding carboxylic acids is 1. The molecule has 0 aromatic heterocycles. The minimum atomic E-state index is -4.67. The number of phosphoric ester groups is 1. The molecule has 0 aromatic rings. The molecule has 0 bridgehead atoms. The first-order valence-corrected chi connectivity index (χ1v) is 11.3. The molecule has 11 nitrogen and oxygen atoms in total. The first-order valence-electron chi connectivity index (χ1n) is 6.79. The Morgan fingerprint density at radius 3 is 2.68 bits per heavy atom. The smallest absolute Gasteiger partial charge is 0.470 e. The fourth-order valence-corrected chi connectivity index (χ4v) is 4.75. The normalized spacial score (nSPS) is 31.4. The van der Waals surface area contributed by atoms with Crippen LogP contribution in [0, 0.1) is 0 Å². The van der Waals surface area contributed by atoms with Crippen LogP contribution in [0.5, 0.6) is 0 Å². The van der Waals surface area contributed by atoms with E-state index in [-0.39, 0.29) is 11.5 Å². The highest BCUT2D eigenvalue weighted by Crippen LogP contribution is 2.62. The summed E-state index contributed by atoms with van der Waals surface area (Å²) in [6, 6.07) is -0.684. The Labute approximate surface area is 148 Å². The Hall–Kier alpha value is -0.810. The third-order valence-electron chi connectivity index (χ3n) is 3.16. The minimum absolute atomic E-state index is 0.00852. The number of phosphoric acid groups is 1. The number of hydrogen-bond donors (Lipinski definition) is 6. The van der Waals surface area contributed by atoms with E-state index in [9.17, 15) is 29.4 Å². The van der Waals surface area contributed by atoms with Crippen molar-refractivity contribution in [2.75, 3.05) is 6.61 Å². The highest BCUT2D eigenvalue weighted by molar-refractivity contribution is 8.48. The van der Waals surface area contributed by atoms with Crippen molar-refractivity contribution >= 4 is 38.9 Å². The molecule has 2 aliphatic rings. The van der Waals surface area contributed by atoms with Gasteiger partial charge in [0.1, 0.15) is 12.3 Å². The predicted octanol–water partition coefficient (Wildman–Crippen LogP) is 0.0852. The van der Waals surface area contributed by atoms with Gasteiger partial charge in [0.2, 0.25) is 5.88 Å². The van der Waals surface area contributed by atoms with Crippen molar-refractivity contribution in [3.8, 4) is 0 Å². The zero-order valence-corrected chi connectivity index (χ0v) is 15.6. The van der Waals surface area contributed by atoms with E-state index in [0.29, 0.717) is 0 Å². The van der Waals surface area contributed by atoms with Crippen molar-refractivity contribution < 1.29 is 42.9 Å². The van der Waals surface area contributed by atoms with Crippen molar-refractivity contribution in [3.63, 3.8) is 0 Å². The van der Waals surface area contributed by atoms with Gasteiger partial charge < -0.3 is 30.1 Å². The van der Waals surface area contributed by atoms with E-state index in [0.717, 1.165) is 4.90 Å². The molecule has 2 heterocycles. The van der Waals surface area contributed by atoms with E-state index >= 15 is 0 Å². The molecule has 4 unspecified atom stereocenters. The Morgan fingerprint density at radius 2 is 2.12 bits per heavy atom. The Bertz CT molecular complexity index is 706. The zero-order chi connectivity index (χ0) is 19.0. The van der Waals surface area contributed by atoms with E-state index in [1.807, 2.05) is 0 Å². The number of nitrogens with zero attached hydrogens (tertiary/aromatic N) is 1. The van der Waals surface area contributed by atoms with E-state index in [1.54, 1.807) is 0 Å². The van der Waals surface area contributed by atoms with Gasteiger partial charge in [-0.15, -0.1) is 0 Å². The second kappa shape index (κ2) is 7.43. The molecule has 0 aromatic carbocycles. The average Bonchev–Trinajstić information content (AvgIpc) is 2.71. The maximum atomic E-state index is 11.9. The average molecular weight is 416 g/mol. The summed E-state index contributed by atoms with van der Waals surface area (Å²) in [6.07, 6.45) is 2.14. The molecular formula is C11H18N2O9P2S. The van der Waals surface area contributed by atoms with Crippen LogP contribution >= 0.6 is 26.6 Å². The molecular weight excluding hydrogens is 398 g/mol. The van der Waals surface area contributed by atoms with Gasteiger partial charge in [0, 0.05) is 11.8 Å². The molecule has 0 aliphatic carbocycles. The van der Waals surface area contributed by atoms with E-state index in [1.165, 1.54) is 19.2 Å². The van der Waals surface area contributed by atoms with Crippen molar-refractivity contribution in [3.05, 3.63) is 23.7 Å². The molecule has 0 fully saturated rings. The molecule has 142 valence electrons. The Morgan fingerprint density at radius 1 is 1.48 bits per heavy atom. The molecule has 2 aliphatic heterocycles. The maximum Gasteiger partial charge on any atom is 0.477 e. The van der Waals surface area contributed by atoms with Gasteiger partial charge in [-0.1, -0.05) is 12.2 Å². The molecule has 2 rings (SSSR count).